The van der Waals surface area contributed by atoms with E-state index in [1.54, 1.807) is 20.2 Å². The van der Waals surface area contributed by atoms with Gasteiger partial charge in [0.05, 0.1) is 13.2 Å². The van der Waals surface area contributed by atoms with Gasteiger partial charge in [-0.1, -0.05) is 18.2 Å². The van der Waals surface area contributed by atoms with Crippen molar-refractivity contribution in [3.63, 3.8) is 0 Å². The summed E-state index contributed by atoms with van der Waals surface area (Å²) in [5, 5.41) is 11.6. The molecule has 0 heterocycles. The van der Waals surface area contributed by atoms with E-state index in [0.29, 0.717) is 0 Å². The van der Waals surface area contributed by atoms with E-state index < -0.39 is 5.97 Å². The predicted octanol–water partition coefficient (Wildman–Crippen LogP) is 1.60. The average Bonchev–Trinajstić information content (AvgIpc) is 2.30. The Hall–Kier alpha value is -1.81. The van der Waals surface area contributed by atoms with Gasteiger partial charge in [0, 0.05) is 6.08 Å². The maximum Gasteiger partial charge on any atom is 0.328 e. The lowest BCUT2D eigenvalue weighted by Crippen LogP contribution is -2.14. The number of likely N-dealkylation sites (N-methyl/N-ethyl adjacent to an activating group) is 1. The first kappa shape index (κ1) is 12.3. The van der Waals surface area contributed by atoms with Crippen LogP contribution in [0.5, 0.6) is 5.75 Å². The molecular formula is C12H15NO3. The van der Waals surface area contributed by atoms with Crippen molar-refractivity contribution in [2.24, 2.45) is 0 Å². The van der Waals surface area contributed by atoms with E-state index in [-0.39, 0.29) is 6.04 Å². The molecular weight excluding hydrogens is 206 g/mol. The molecule has 1 unspecified atom stereocenters. The topological polar surface area (TPSA) is 58.6 Å². The van der Waals surface area contributed by atoms with E-state index >= 15 is 0 Å². The zero-order valence-electron chi connectivity index (χ0n) is 9.31. The summed E-state index contributed by atoms with van der Waals surface area (Å²) in [7, 11) is 3.37. The molecule has 0 radical (unpaired) electrons. The molecule has 1 aromatic rings. The molecule has 1 atom stereocenters. The van der Waals surface area contributed by atoms with Crippen molar-refractivity contribution in [3.8, 4) is 5.75 Å². The molecule has 0 aliphatic rings. The second-order valence-electron chi connectivity index (χ2n) is 3.24. The van der Waals surface area contributed by atoms with Crippen molar-refractivity contribution < 1.29 is 14.6 Å². The third kappa shape index (κ3) is 3.40. The van der Waals surface area contributed by atoms with Gasteiger partial charge in [0.15, 0.2) is 0 Å². The SMILES string of the molecule is CNC(/C=C/C(=O)O)c1cccc(OC)c1. The summed E-state index contributed by atoms with van der Waals surface area (Å²) >= 11 is 0. The lowest BCUT2D eigenvalue weighted by molar-refractivity contribution is -0.131. The number of methoxy groups -OCH3 is 1. The Balaban J connectivity index is 2.90. The molecule has 0 aromatic heterocycles. The molecule has 0 saturated carbocycles. The molecule has 1 aromatic carbocycles. The summed E-state index contributed by atoms with van der Waals surface area (Å²) in [4.78, 5) is 10.4. The minimum atomic E-state index is -0.955. The number of carbonyl (C=O) groups is 1. The lowest BCUT2D eigenvalue weighted by atomic mass is 10.1. The Morgan fingerprint density at radius 2 is 2.31 bits per heavy atom. The highest BCUT2D eigenvalue weighted by molar-refractivity contribution is 5.79. The normalized spacial score (nSPS) is 12.6. The van der Waals surface area contributed by atoms with Gasteiger partial charge in [0.2, 0.25) is 0 Å². The summed E-state index contributed by atoms with van der Waals surface area (Å²) in [6.07, 6.45) is 2.72. The van der Waals surface area contributed by atoms with Gasteiger partial charge in [-0.2, -0.15) is 0 Å². The number of rotatable bonds is 5. The first-order valence-corrected chi connectivity index (χ1v) is 4.89. The first-order chi connectivity index (χ1) is 7.67. The molecule has 16 heavy (non-hydrogen) atoms. The van der Waals surface area contributed by atoms with E-state index in [1.165, 1.54) is 0 Å². The molecule has 0 fully saturated rings. The molecule has 0 amide bonds. The van der Waals surface area contributed by atoms with Crippen LogP contribution >= 0.6 is 0 Å². The molecule has 0 aliphatic carbocycles. The highest BCUT2D eigenvalue weighted by Gasteiger charge is 2.06. The summed E-state index contributed by atoms with van der Waals surface area (Å²) in [5.74, 6) is -0.204. The average molecular weight is 221 g/mol. The zero-order chi connectivity index (χ0) is 12.0. The van der Waals surface area contributed by atoms with Crippen molar-refractivity contribution in [2.75, 3.05) is 14.2 Å². The fourth-order valence-electron chi connectivity index (χ4n) is 1.39. The summed E-state index contributed by atoms with van der Waals surface area (Å²) in [5.41, 5.74) is 0.958. The van der Waals surface area contributed by atoms with Crippen LogP contribution in [-0.4, -0.2) is 25.2 Å². The van der Waals surface area contributed by atoms with Gasteiger partial charge in [-0.25, -0.2) is 4.79 Å². The van der Waals surface area contributed by atoms with Crippen molar-refractivity contribution in [3.05, 3.63) is 42.0 Å². The second-order valence-corrected chi connectivity index (χ2v) is 3.24. The highest BCUT2D eigenvalue weighted by atomic mass is 16.5. The van der Waals surface area contributed by atoms with Crippen LogP contribution < -0.4 is 10.1 Å². The van der Waals surface area contributed by atoms with Gasteiger partial charge >= 0.3 is 5.97 Å². The quantitative estimate of drug-likeness (QED) is 0.741. The Kier molecular flexibility index (Phi) is 4.54. The number of nitrogens with one attached hydrogen (secondary N) is 1. The van der Waals surface area contributed by atoms with Gasteiger partial charge in [0.25, 0.3) is 0 Å². The summed E-state index contributed by atoms with van der Waals surface area (Å²) in [6.45, 7) is 0. The standard InChI is InChI=1S/C12H15NO3/c1-13-11(6-7-12(14)15)9-4-3-5-10(8-9)16-2/h3-8,11,13H,1-2H3,(H,14,15)/b7-6+. The highest BCUT2D eigenvalue weighted by Crippen LogP contribution is 2.19. The summed E-state index contributed by atoms with van der Waals surface area (Å²) in [6, 6.07) is 7.36. The number of aliphatic carboxylic acids is 1. The number of hydrogen-bond acceptors (Lipinski definition) is 3. The number of hydrogen-bond donors (Lipinski definition) is 2. The molecule has 0 spiro atoms. The van der Waals surface area contributed by atoms with Crippen LogP contribution in [0.25, 0.3) is 0 Å². The van der Waals surface area contributed by atoms with Crippen LogP contribution in [0.3, 0.4) is 0 Å². The maximum absolute atomic E-state index is 10.4. The predicted molar refractivity (Wildman–Crippen MR) is 61.6 cm³/mol. The molecule has 2 N–H and O–H groups in total. The molecule has 0 bridgehead atoms. The van der Waals surface area contributed by atoms with Crippen LogP contribution in [0.1, 0.15) is 11.6 Å². The van der Waals surface area contributed by atoms with E-state index in [9.17, 15) is 4.79 Å². The number of carboxylic acid groups (broad SMARTS) is 1. The van der Waals surface area contributed by atoms with Crippen LogP contribution in [0, 0.1) is 0 Å². The van der Waals surface area contributed by atoms with E-state index in [4.69, 9.17) is 9.84 Å². The van der Waals surface area contributed by atoms with Gasteiger partial charge in [0.1, 0.15) is 5.75 Å². The fraction of sp³-hybridized carbons (Fsp3) is 0.250. The van der Waals surface area contributed by atoms with E-state index in [1.807, 2.05) is 24.3 Å². The number of carboxylic acids is 1. The van der Waals surface area contributed by atoms with Gasteiger partial charge in [-0.05, 0) is 24.7 Å². The molecule has 86 valence electrons. The Bertz CT molecular complexity index is 388. The Morgan fingerprint density at radius 1 is 1.56 bits per heavy atom. The molecule has 0 saturated heterocycles. The minimum Gasteiger partial charge on any atom is -0.497 e. The van der Waals surface area contributed by atoms with Crippen LogP contribution in [0.2, 0.25) is 0 Å². The Labute approximate surface area is 94.6 Å². The van der Waals surface area contributed by atoms with Crippen LogP contribution in [0.4, 0.5) is 0 Å². The van der Waals surface area contributed by atoms with Crippen LogP contribution in [0.15, 0.2) is 36.4 Å². The van der Waals surface area contributed by atoms with Crippen molar-refractivity contribution >= 4 is 5.97 Å². The van der Waals surface area contributed by atoms with Gasteiger partial charge < -0.3 is 15.2 Å². The first-order valence-electron chi connectivity index (χ1n) is 4.89. The van der Waals surface area contributed by atoms with Crippen molar-refractivity contribution in [2.45, 2.75) is 6.04 Å². The monoisotopic (exact) mass is 221 g/mol. The Morgan fingerprint density at radius 3 is 2.88 bits per heavy atom. The molecule has 4 heteroatoms. The zero-order valence-corrected chi connectivity index (χ0v) is 9.31. The number of benzene rings is 1. The van der Waals surface area contributed by atoms with E-state index in [2.05, 4.69) is 5.32 Å². The summed E-state index contributed by atoms with van der Waals surface area (Å²) < 4.78 is 5.11. The molecule has 4 nitrogen and oxygen atoms in total. The van der Waals surface area contributed by atoms with Crippen molar-refractivity contribution in [1.29, 1.82) is 0 Å². The second kappa shape index (κ2) is 5.92. The van der Waals surface area contributed by atoms with Gasteiger partial charge in [-0.15, -0.1) is 0 Å². The smallest absolute Gasteiger partial charge is 0.328 e. The third-order valence-corrected chi connectivity index (χ3v) is 2.20. The molecule has 0 aliphatic heterocycles. The fourth-order valence-corrected chi connectivity index (χ4v) is 1.39. The third-order valence-electron chi connectivity index (χ3n) is 2.20. The van der Waals surface area contributed by atoms with Crippen molar-refractivity contribution in [1.82, 2.24) is 5.32 Å². The lowest BCUT2D eigenvalue weighted by Gasteiger charge is -2.12. The molecule has 1 rings (SSSR count). The largest absolute Gasteiger partial charge is 0.497 e. The van der Waals surface area contributed by atoms with E-state index in [0.717, 1.165) is 17.4 Å². The number of ether oxygens (including phenoxy) is 1. The minimum absolute atomic E-state index is 0.133. The maximum atomic E-state index is 10.4. The van der Waals surface area contributed by atoms with Gasteiger partial charge in [-0.3, -0.25) is 0 Å². The van der Waals surface area contributed by atoms with Crippen LogP contribution in [-0.2, 0) is 4.79 Å².